The van der Waals surface area contributed by atoms with E-state index in [9.17, 15) is 0 Å². The van der Waals surface area contributed by atoms with Gasteiger partial charge < -0.3 is 0 Å². The van der Waals surface area contributed by atoms with Gasteiger partial charge in [0, 0.05) is 0 Å². The molecular weight excluding hydrogens is 923 g/mol. The van der Waals surface area contributed by atoms with Crippen LogP contribution in [0.5, 0.6) is 0 Å². The molecular formula is C24H54Cl2Ge6O8. The molecule has 3 rings (SSSR count). The van der Waals surface area contributed by atoms with Crippen molar-refractivity contribution in [2.45, 2.75) is 150 Å². The number of hydrogen-bond acceptors (Lipinski definition) is 8. The normalized spacial score (nSPS) is 42.3. The molecule has 236 valence electrons. The Morgan fingerprint density at radius 3 is 0.525 bits per heavy atom. The Hall–Kier alpha value is 3.52. The zero-order valence-corrected chi connectivity index (χ0v) is 42.1. The van der Waals surface area contributed by atoms with Gasteiger partial charge in [0.05, 0.1) is 0 Å². The van der Waals surface area contributed by atoms with Gasteiger partial charge in [0.2, 0.25) is 0 Å². The van der Waals surface area contributed by atoms with Crippen LogP contribution in [0.1, 0.15) is 125 Å². The quantitative estimate of drug-likeness (QED) is 0.223. The molecule has 0 aromatic carbocycles. The van der Waals surface area contributed by atoms with Crippen molar-refractivity contribution in [3.63, 3.8) is 0 Å². The number of fused-ring (bicyclic) bond motifs is 4. The molecule has 0 atom stereocenters. The molecule has 0 aliphatic carbocycles. The number of halogens is 2. The molecule has 0 aromatic heterocycles. The van der Waals surface area contributed by atoms with Crippen molar-refractivity contribution >= 4 is 103 Å². The molecule has 3 saturated heterocycles. The Morgan fingerprint density at radius 2 is 0.425 bits per heavy atom. The summed E-state index contributed by atoms with van der Waals surface area (Å²) in [6.45, 7) is 38.0. The van der Waals surface area contributed by atoms with Crippen molar-refractivity contribution in [2.24, 2.45) is 0 Å². The van der Waals surface area contributed by atoms with Gasteiger partial charge in [0.1, 0.15) is 0 Å². The van der Waals surface area contributed by atoms with Crippen molar-refractivity contribution in [2.75, 3.05) is 0 Å². The Kier molecular flexibility index (Phi) is 9.97. The summed E-state index contributed by atoms with van der Waals surface area (Å²) in [4.78, 5) is 0. The second kappa shape index (κ2) is 10.5. The van der Waals surface area contributed by atoms with Crippen LogP contribution in [0.2, 0.25) is 25.5 Å². The van der Waals surface area contributed by atoms with Crippen LogP contribution in [0.4, 0.5) is 0 Å². The molecule has 8 nitrogen and oxygen atoms in total. The van der Waals surface area contributed by atoms with Gasteiger partial charge in [-0.2, -0.15) is 0 Å². The molecule has 3 aliphatic rings. The molecule has 4 bridgehead atoms. The van der Waals surface area contributed by atoms with Gasteiger partial charge in [-0.05, 0) is 0 Å². The third-order valence-electron chi connectivity index (χ3n) is 7.60. The van der Waals surface area contributed by atoms with Crippen LogP contribution in [-0.4, -0.2) is 83.1 Å². The van der Waals surface area contributed by atoms with Crippen LogP contribution in [0, 0.1) is 0 Å². The maximum absolute atomic E-state index is 7.68. The maximum atomic E-state index is 7.68. The summed E-state index contributed by atoms with van der Waals surface area (Å²) in [5.74, 6) is 0. The average Bonchev–Trinajstić information content (AvgIpc) is 2.60. The van der Waals surface area contributed by atoms with E-state index in [2.05, 4.69) is 125 Å². The molecule has 0 amide bonds. The van der Waals surface area contributed by atoms with Gasteiger partial charge in [0.15, 0.2) is 0 Å². The minimum absolute atomic E-state index is 0.457. The minimum atomic E-state index is -4.50. The summed E-state index contributed by atoms with van der Waals surface area (Å²) < 4.78 is 55.8. The molecule has 3 aliphatic heterocycles. The topological polar surface area (TPSA) is 73.8 Å². The molecule has 3 heterocycles. The number of hydrogen-bond donors (Lipinski definition) is 0. The summed E-state index contributed by atoms with van der Waals surface area (Å²) in [5.41, 5.74) is 0. The fourth-order valence-corrected chi connectivity index (χ4v) is 156. The average molecular weight is 977 g/mol. The van der Waals surface area contributed by atoms with Crippen molar-refractivity contribution in [1.82, 2.24) is 0 Å². The fraction of sp³-hybridized carbons (Fsp3) is 1.00. The molecule has 3 fully saturated rings. The van der Waals surface area contributed by atoms with Crippen LogP contribution < -0.4 is 0 Å². The zero-order valence-electron chi connectivity index (χ0n) is 28.0. The van der Waals surface area contributed by atoms with E-state index in [0.29, 0.717) is 0 Å². The Bertz CT molecular complexity index is 876. The first-order chi connectivity index (χ1) is 17.2. The Labute approximate surface area is 272 Å². The van der Waals surface area contributed by atoms with E-state index < -0.39 is 109 Å². The van der Waals surface area contributed by atoms with E-state index in [1.807, 2.05) is 0 Å². The van der Waals surface area contributed by atoms with Gasteiger partial charge in [-0.1, -0.05) is 0 Å². The van der Waals surface area contributed by atoms with Crippen LogP contribution in [0.15, 0.2) is 0 Å². The Balaban J connectivity index is 2.57. The van der Waals surface area contributed by atoms with E-state index in [1.165, 1.54) is 0 Å². The summed E-state index contributed by atoms with van der Waals surface area (Å²) in [6, 6.07) is 0. The Morgan fingerprint density at radius 1 is 0.275 bits per heavy atom. The second-order valence-corrected chi connectivity index (χ2v) is 76.7. The molecule has 40 heavy (non-hydrogen) atoms. The summed E-state index contributed by atoms with van der Waals surface area (Å²) in [5, 5.41) is 0. The predicted octanol–water partition coefficient (Wildman–Crippen LogP) is 9.07. The molecule has 0 N–H and O–H groups in total. The standard InChI is InChI=1S/C24H54Cl2Ge6O8/c1-19(2,3)27(25)33-29(21(7,8)9)37-30(34-27,22(10,11)12)40-32(24(16,17)18)36-28(26,20(4,5)6)35-31(38-32,39-29)23(13,14)15/h1-18H3. The van der Waals surface area contributed by atoms with E-state index in [-0.39, 0.29) is 0 Å². The van der Waals surface area contributed by atoms with Crippen LogP contribution in [-0.2, 0) is 22.3 Å². The fourth-order valence-electron chi connectivity index (χ4n) is 4.14. The van der Waals surface area contributed by atoms with Crippen LogP contribution in [0.3, 0.4) is 0 Å². The van der Waals surface area contributed by atoms with Crippen molar-refractivity contribution < 1.29 is 22.3 Å². The van der Waals surface area contributed by atoms with Crippen LogP contribution in [0.25, 0.3) is 0 Å². The molecule has 16 heteroatoms. The van der Waals surface area contributed by atoms with Gasteiger partial charge in [-0.25, -0.2) is 0 Å². The van der Waals surface area contributed by atoms with Gasteiger partial charge >= 0.3 is 276 Å². The summed E-state index contributed by atoms with van der Waals surface area (Å²) >= 11 is -26.4. The van der Waals surface area contributed by atoms with Crippen molar-refractivity contribution in [1.29, 1.82) is 0 Å². The van der Waals surface area contributed by atoms with Crippen molar-refractivity contribution in [3.8, 4) is 0 Å². The third kappa shape index (κ3) is 6.12. The summed E-state index contributed by atoms with van der Waals surface area (Å²) in [7, 11) is 15.4. The van der Waals surface area contributed by atoms with E-state index in [0.717, 1.165) is 0 Å². The van der Waals surface area contributed by atoms with E-state index in [4.69, 9.17) is 42.3 Å². The SMILES string of the molecule is C[C](C)(C)[Ge]1([Cl])[O][Ge]2([C](C)(C)C)[O][Ge]([C](C)(C)C)([O]1)[O][Ge]1([C](C)(C)C)[O][Ge]([Cl])([C](C)(C)C)[O][Ge]([C](C)(C)C)([O]1)[O]2. The first-order valence-electron chi connectivity index (χ1n) is 14.1. The molecule has 0 radical (unpaired) electrons. The van der Waals surface area contributed by atoms with E-state index >= 15 is 0 Å². The molecule has 0 unspecified atom stereocenters. The second-order valence-electron chi connectivity index (χ2n) is 17.6. The monoisotopic (exact) mass is 984 g/mol. The number of rotatable bonds is 0. The predicted molar refractivity (Wildman–Crippen MR) is 173 cm³/mol. The van der Waals surface area contributed by atoms with Gasteiger partial charge in [-0.15, -0.1) is 0 Å². The third-order valence-corrected chi connectivity index (χ3v) is 100. The molecule has 0 aromatic rings. The summed E-state index contributed by atoms with van der Waals surface area (Å²) in [6.07, 6.45) is 0. The zero-order chi connectivity index (χ0) is 31.7. The van der Waals surface area contributed by atoms with Crippen molar-refractivity contribution in [3.05, 3.63) is 0 Å². The first kappa shape index (κ1) is 38.0. The first-order valence-corrected chi connectivity index (χ1v) is 39.7. The van der Waals surface area contributed by atoms with Gasteiger partial charge in [0.25, 0.3) is 0 Å². The molecule has 0 spiro atoms. The van der Waals surface area contributed by atoms with E-state index in [1.54, 1.807) is 0 Å². The van der Waals surface area contributed by atoms with Crippen LogP contribution >= 0.6 is 20.0 Å². The molecule has 0 saturated carbocycles. The van der Waals surface area contributed by atoms with Gasteiger partial charge in [-0.3, -0.25) is 0 Å².